The van der Waals surface area contributed by atoms with Gasteiger partial charge in [0.15, 0.2) is 11.5 Å². The number of nitrogens with two attached hydrogens (primary N) is 1. The predicted molar refractivity (Wildman–Crippen MR) is 146 cm³/mol. The van der Waals surface area contributed by atoms with Gasteiger partial charge < -0.3 is 25.4 Å². The van der Waals surface area contributed by atoms with Crippen molar-refractivity contribution in [2.75, 3.05) is 51.6 Å². The van der Waals surface area contributed by atoms with Crippen LogP contribution in [-0.2, 0) is 19.4 Å². The lowest BCUT2D eigenvalue weighted by Gasteiger charge is -2.29. The van der Waals surface area contributed by atoms with Crippen molar-refractivity contribution < 1.29 is 19.1 Å². The van der Waals surface area contributed by atoms with E-state index >= 15 is 0 Å². The molecule has 3 N–H and O–H groups in total. The highest BCUT2D eigenvalue weighted by atomic mass is 16.5. The van der Waals surface area contributed by atoms with Gasteiger partial charge in [0.2, 0.25) is 5.91 Å². The van der Waals surface area contributed by atoms with Crippen molar-refractivity contribution in [3.05, 3.63) is 82.4 Å². The number of carbonyl (C=O) groups is 2. The van der Waals surface area contributed by atoms with Gasteiger partial charge in [-0.15, -0.1) is 0 Å². The van der Waals surface area contributed by atoms with Crippen molar-refractivity contribution in [3.63, 3.8) is 0 Å². The average Bonchev–Trinajstić information content (AvgIpc) is 2.91. The summed E-state index contributed by atoms with van der Waals surface area (Å²) in [5.74, 6) is 0.531. The summed E-state index contributed by atoms with van der Waals surface area (Å²) < 4.78 is 10.9. The fourth-order valence-electron chi connectivity index (χ4n) is 4.59. The lowest BCUT2D eigenvalue weighted by molar-refractivity contribution is 0.0977. The minimum atomic E-state index is -0.635. The summed E-state index contributed by atoms with van der Waals surface area (Å²) in [6, 6.07) is 17.0. The first-order chi connectivity index (χ1) is 17.8. The number of hydrogen-bond acceptors (Lipinski definition) is 6. The molecule has 194 valence electrons. The molecule has 1 aliphatic heterocycles. The molecular weight excluding hydrogens is 468 g/mol. The number of nitrogens with zero attached hydrogens (tertiary/aromatic N) is 2. The van der Waals surface area contributed by atoms with E-state index in [4.69, 9.17) is 15.2 Å². The summed E-state index contributed by atoms with van der Waals surface area (Å²) >= 11 is 0. The van der Waals surface area contributed by atoms with Gasteiger partial charge in [-0.1, -0.05) is 12.1 Å². The molecule has 0 radical (unpaired) electrons. The second kappa shape index (κ2) is 11.3. The van der Waals surface area contributed by atoms with Crippen LogP contribution in [0.1, 0.15) is 37.4 Å². The lowest BCUT2D eigenvalue weighted by atomic mass is 9.98. The van der Waals surface area contributed by atoms with Crippen molar-refractivity contribution in [1.29, 1.82) is 0 Å². The average molecular weight is 503 g/mol. The van der Waals surface area contributed by atoms with Crippen molar-refractivity contribution >= 4 is 23.2 Å². The zero-order chi connectivity index (χ0) is 26.5. The molecule has 4 rings (SSSR count). The summed E-state index contributed by atoms with van der Waals surface area (Å²) in [4.78, 5) is 29.1. The Balaban J connectivity index is 1.37. The number of primary amides is 1. The van der Waals surface area contributed by atoms with Crippen LogP contribution in [0.2, 0.25) is 0 Å². The molecule has 1 aliphatic rings. The number of rotatable bonds is 9. The third-order valence-corrected chi connectivity index (χ3v) is 6.76. The number of fused-ring (bicyclic) bond motifs is 1. The minimum Gasteiger partial charge on any atom is -0.493 e. The van der Waals surface area contributed by atoms with E-state index in [1.54, 1.807) is 32.4 Å². The summed E-state index contributed by atoms with van der Waals surface area (Å²) in [5, 5.41) is 2.89. The number of benzene rings is 3. The van der Waals surface area contributed by atoms with Gasteiger partial charge in [-0.3, -0.25) is 14.5 Å². The molecule has 0 bridgehead atoms. The molecule has 1 heterocycles. The van der Waals surface area contributed by atoms with Crippen LogP contribution < -0.4 is 25.4 Å². The van der Waals surface area contributed by atoms with Crippen molar-refractivity contribution in [2.24, 2.45) is 5.73 Å². The SMILES string of the molecule is COc1cc2c(cc1OC)CN(CCc1ccc(NC(=O)c3cc(N(C)C)ccc3C(N)=O)cc1)CC2. The highest BCUT2D eigenvalue weighted by molar-refractivity contribution is 6.12. The molecule has 0 unspecified atom stereocenters. The number of carbonyl (C=O) groups excluding carboxylic acids is 2. The Morgan fingerprint density at radius 3 is 2.24 bits per heavy atom. The smallest absolute Gasteiger partial charge is 0.256 e. The van der Waals surface area contributed by atoms with Crippen molar-refractivity contribution in [3.8, 4) is 11.5 Å². The molecule has 3 aromatic rings. The van der Waals surface area contributed by atoms with E-state index in [9.17, 15) is 9.59 Å². The van der Waals surface area contributed by atoms with Gasteiger partial charge in [-0.25, -0.2) is 0 Å². The highest BCUT2D eigenvalue weighted by Gasteiger charge is 2.20. The van der Waals surface area contributed by atoms with Gasteiger partial charge in [-0.2, -0.15) is 0 Å². The first-order valence-electron chi connectivity index (χ1n) is 12.3. The normalized spacial score (nSPS) is 13.0. The Labute approximate surface area is 218 Å². The number of nitrogens with one attached hydrogen (secondary N) is 1. The van der Waals surface area contributed by atoms with E-state index in [0.29, 0.717) is 5.69 Å². The van der Waals surface area contributed by atoms with Crippen molar-refractivity contribution in [2.45, 2.75) is 19.4 Å². The standard InChI is InChI=1S/C29H34N4O4/c1-32(2)23-9-10-24(28(30)34)25(17-23)29(35)31-22-7-5-19(6-8-22)11-13-33-14-12-20-15-26(36-3)27(37-4)16-21(20)18-33/h5-10,15-17H,11-14,18H2,1-4H3,(H2,30,34)(H,31,35). The van der Waals surface area contributed by atoms with Crippen LogP contribution in [0.4, 0.5) is 11.4 Å². The topological polar surface area (TPSA) is 97.1 Å². The maximum absolute atomic E-state index is 13.0. The quantitative estimate of drug-likeness (QED) is 0.463. The van der Waals surface area contributed by atoms with Gasteiger partial charge in [0, 0.05) is 45.1 Å². The molecule has 0 spiro atoms. The first kappa shape index (κ1) is 26.0. The lowest BCUT2D eigenvalue weighted by Crippen LogP contribution is -2.32. The minimum absolute atomic E-state index is 0.193. The van der Waals surface area contributed by atoms with Gasteiger partial charge in [-0.05, 0) is 72.0 Å². The molecule has 37 heavy (non-hydrogen) atoms. The van der Waals surface area contributed by atoms with Crippen LogP contribution in [-0.4, -0.2) is 58.1 Å². The fourth-order valence-corrected chi connectivity index (χ4v) is 4.59. The second-order valence-corrected chi connectivity index (χ2v) is 9.39. The molecule has 0 aliphatic carbocycles. The van der Waals surface area contributed by atoms with Crippen LogP contribution >= 0.6 is 0 Å². The molecule has 3 aromatic carbocycles. The Bertz CT molecular complexity index is 1290. The van der Waals surface area contributed by atoms with Gasteiger partial charge in [0.05, 0.1) is 25.3 Å². The third kappa shape index (κ3) is 6.03. The number of ether oxygens (including phenoxy) is 2. The molecule has 0 saturated carbocycles. The van der Waals surface area contributed by atoms with Gasteiger partial charge >= 0.3 is 0 Å². The summed E-state index contributed by atoms with van der Waals surface area (Å²) in [6.07, 6.45) is 1.87. The number of hydrogen-bond donors (Lipinski definition) is 2. The second-order valence-electron chi connectivity index (χ2n) is 9.39. The van der Waals surface area contributed by atoms with Crippen LogP contribution in [0.3, 0.4) is 0 Å². The summed E-state index contributed by atoms with van der Waals surface area (Å²) in [5.41, 5.74) is 11.2. The third-order valence-electron chi connectivity index (χ3n) is 6.76. The van der Waals surface area contributed by atoms with E-state index in [0.717, 1.165) is 49.7 Å². The fraction of sp³-hybridized carbons (Fsp3) is 0.310. The van der Waals surface area contributed by atoms with Crippen LogP contribution in [0, 0.1) is 0 Å². The molecule has 2 amide bonds. The number of methoxy groups -OCH3 is 2. The molecule has 0 fully saturated rings. The highest BCUT2D eigenvalue weighted by Crippen LogP contribution is 2.33. The Morgan fingerprint density at radius 1 is 0.946 bits per heavy atom. The Morgan fingerprint density at radius 2 is 1.62 bits per heavy atom. The zero-order valence-corrected chi connectivity index (χ0v) is 21.8. The maximum Gasteiger partial charge on any atom is 0.256 e. The molecule has 0 aromatic heterocycles. The van der Waals surface area contributed by atoms with Crippen molar-refractivity contribution in [1.82, 2.24) is 4.90 Å². The van der Waals surface area contributed by atoms with E-state index < -0.39 is 5.91 Å². The van der Waals surface area contributed by atoms with E-state index in [-0.39, 0.29) is 17.0 Å². The van der Waals surface area contributed by atoms with E-state index in [2.05, 4.69) is 22.3 Å². The van der Waals surface area contributed by atoms with Gasteiger partial charge in [0.1, 0.15) is 0 Å². The van der Waals surface area contributed by atoms with Crippen LogP contribution in [0.25, 0.3) is 0 Å². The molecular formula is C29H34N4O4. The summed E-state index contributed by atoms with van der Waals surface area (Å²) in [7, 11) is 7.07. The Kier molecular flexibility index (Phi) is 7.98. The first-order valence-corrected chi connectivity index (χ1v) is 12.3. The molecule has 0 atom stereocenters. The molecule has 8 nitrogen and oxygen atoms in total. The zero-order valence-electron chi connectivity index (χ0n) is 21.8. The van der Waals surface area contributed by atoms with Crippen LogP contribution in [0.15, 0.2) is 54.6 Å². The molecule has 0 saturated heterocycles. The van der Waals surface area contributed by atoms with Gasteiger partial charge in [0.25, 0.3) is 5.91 Å². The largest absolute Gasteiger partial charge is 0.493 e. The van der Waals surface area contributed by atoms with E-state index in [1.165, 1.54) is 16.7 Å². The van der Waals surface area contributed by atoms with Crippen LogP contribution in [0.5, 0.6) is 11.5 Å². The Hall–Kier alpha value is -4.04. The number of anilines is 2. The van der Waals surface area contributed by atoms with E-state index in [1.807, 2.05) is 43.3 Å². The summed E-state index contributed by atoms with van der Waals surface area (Å²) in [6.45, 7) is 2.79. The predicted octanol–water partition coefficient (Wildman–Crippen LogP) is 3.72. The number of amides is 2. The maximum atomic E-state index is 13.0. The monoisotopic (exact) mass is 502 g/mol. The molecule has 8 heteroatoms.